The molecule has 1 aromatic rings. The van der Waals surface area contributed by atoms with Gasteiger partial charge in [0.05, 0.1) is 17.0 Å². The summed E-state index contributed by atoms with van der Waals surface area (Å²) in [6.07, 6.45) is 0. The van der Waals surface area contributed by atoms with Crippen molar-refractivity contribution in [1.29, 1.82) is 0 Å². The minimum atomic E-state index is -2.89. The number of nitrogens with one attached hydrogen (secondary N) is 1. The summed E-state index contributed by atoms with van der Waals surface area (Å²) in [5.41, 5.74) is 0. The van der Waals surface area contributed by atoms with Gasteiger partial charge in [-0.2, -0.15) is 0 Å². The molecule has 0 spiro atoms. The molecule has 1 aliphatic heterocycles. The monoisotopic (exact) mass is 231 g/mol. The molecule has 1 saturated heterocycles. The van der Waals surface area contributed by atoms with Gasteiger partial charge >= 0.3 is 0 Å². The molecule has 0 saturated carbocycles. The lowest BCUT2D eigenvalue weighted by Gasteiger charge is -2.27. The lowest BCUT2D eigenvalue weighted by atomic mass is 10.2. The smallest absolute Gasteiger partial charge is 0.156 e. The number of hydrogen-bond acceptors (Lipinski definition) is 4. The molecular formula is C9H13NO2S2. The highest BCUT2D eigenvalue weighted by Gasteiger charge is 2.31. The number of rotatable bonds is 1. The van der Waals surface area contributed by atoms with Crippen molar-refractivity contribution in [2.45, 2.75) is 18.2 Å². The Morgan fingerprint density at radius 2 is 2.36 bits per heavy atom. The lowest BCUT2D eigenvalue weighted by Crippen LogP contribution is -2.44. The van der Waals surface area contributed by atoms with E-state index in [9.17, 15) is 8.42 Å². The molecule has 0 bridgehead atoms. The summed E-state index contributed by atoms with van der Waals surface area (Å²) in [6, 6.07) is 3.93. The molecule has 2 atom stereocenters. The van der Waals surface area contributed by atoms with Crippen molar-refractivity contribution in [3.8, 4) is 0 Å². The van der Waals surface area contributed by atoms with Crippen LogP contribution in [0.4, 0.5) is 0 Å². The third-order valence-corrected chi connectivity index (χ3v) is 5.73. The molecule has 78 valence electrons. The van der Waals surface area contributed by atoms with E-state index in [1.54, 1.807) is 18.3 Å². The normalized spacial score (nSPS) is 31.5. The van der Waals surface area contributed by atoms with E-state index >= 15 is 0 Å². The topological polar surface area (TPSA) is 46.2 Å². The van der Waals surface area contributed by atoms with E-state index in [4.69, 9.17) is 0 Å². The second-order valence-corrected chi connectivity index (χ2v) is 7.06. The summed E-state index contributed by atoms with van der Waals surface area (Å²) in [6.45, 7) is 2.32. The fraction of sp³-hybridized carbons (Fsp3) is 0.556. The Morgan fingerprint density at radius 3 is 2.93 bits per heavy atom. The fourth-order valence-corrected chi connectivity index (χ4v) is 3.91. The average molecular weight is 231 g/mol. The number of hydrogen-bond donors (Lipinski definition) is 1. The zero-order valence-corrected chi connectivity index (χ0v) is 9.57. The summed E-state index contributed by atoms with van der Waals surface area (Å²) in [5.74, 6) is 0.231. The van der Waals surface area contributed by atoms with Gasteiger partial charge in [-0.1, -0.05) is 6.07 Å². The molecule has 0 aliphatic carbocycles. The highest BCUT2D eigenvalue weighted by Crippen LogP contribution is 2.24. The Balaban J connectivity index is 2.19. The van der Waals surface area contributed by atoms with Crippen molar-refractivity contribution in [3.05, 3.63) is 22.4 Å². The lowest BCUT2D eigenvalue weighted by molar-refractivity contribution is 0.506. The van der Waals surface area contributed by atoms with E-state index in [2.05, 4.69) is 5.32 Å². The van der Waals surface area contributed by atoms with E-state index < -0.39 is 9.84 Å². The van der Waals surface area contributed by atoms with Crippen LogP contribution in [0.5, 0.6) is 0 Å². The van der Waals surface area contributed by atoms with Crippen molar-refractivity contribution in [3.63, 3.8) is 0 Å². The van der Waals surface area contributed by atoms with Crippen LogP contribution in [0.2, 0.25) is 0 Å². The minimum absolute atomic E-state index is 0.00352. The fourth-order valence-electron chi connectivity index (χ4n) is 1.56. The van der Waals surface area contributed by atoms with Crippen LogP contribution in [0.15, 0.2) is 17.5 Å². The highest BCUT2D eigenvalue weighted by atomic mass is 32.2. The van der Waals surface area contributed by atoms with Gasteiger partial charge in [-0.15, -0.1) is 11.3 Å². The predicted molar refractivity (Wildman–Crippen MR) is 58.3 cm³/mol. The summed E-state index contributed by atoms with van der Waals surface area (Å²) in [4.78, 5) is 1.11. The first-order valence-corrected chi connectivity index (χ1v) is 7.17. The Morgan fingerprint density at radius 1 is 1.57 bits per heavy atom. The predicted octanol–water partition coefficient (Wildman–Crippen LogP) is 1.20. The average Bonchev–Trinajstić information content (AvgIpc) is 2.62. The standard InChI is InChI=1S/C9H13NO2S2/c1-7-5-10-8(6-14(7,11)12)9-3-2-4-13-9/h2-4,7-8,10H,5-6H2,1H3. The van der Waals surface area contributed by atoms with Crippen molar-refractivity contribution < 1.29 is 8.42 Å². The molecule has 1 fully saturated rings. The summed E-state index contributed by atoms with van der Waals surface area (Å²) in [7, 11) is -2.89. The van der Waals surface area contributed by atoms with Crippen LogP contribution >= 0.6 is 11.3 Å². The Bertz CT molecular complexity index is 396. The van der Waals surface area contributed by atoms with Crippen LogP contribution in [0.3, 0.4) is 0 Å². The zero-order valence-electron chi connectivity index (χ0n) is 7.93. The van der Waals surface area contributed by atoms with E-state index in [-0.39, 0.29) is 17.0 Å². The molecule has 2 heterocycles. The molecule has 5 heteroatoms. The van der Waals surface area contributed by atoms with E-state index in [1.807, 2.05) is 17.5 Å². The molecular weight excluding hydrogens is 218 g/mol. The maximum atomic E-state index is 11.7. The second-order valence-electron chi connectivity index (χ2n) is 3.62. The van der Waals surface area contributed by atoms with Crippen LogP contribution in [0.1, 0.15) is 17.8 Å². The van der Waals surface area contributed by atoms with Gasteiger partial charge in [0, 0.05) is 11.4 Å². The van der Waals surface area contributed by atoms with Gasteiger partial charge in [-0.3, -0.25) is 0 Å². The summed E-state index contributed by atoms with van der Waals surface area (Å²) < 4.78 is 23.3. The molecule has 2 rings (SSSR count). The van der Waals surface area contributed by atoms with Crippen molar-refractivity contribution in [1.82, 2.24) is 5.32 Å². The molecule has 1 N–H and O–H groups in total. The first-order chi connectivity index (χ1) is 6.59. The first-order valence-electron chi connectivity index (χ1n) is 4.58. The van der Waals surface area contributed by atoms with Gasteiger partial charge in [0.25, 0.3) is 0 Å². The maximum Gasteiger partial charge on any atom is 0.156 e. The maximum absolute atomic E-state index is 11.7. The van der Waals surface area contributed by atoms with Gasteiger partial charge in [0.1, 0.15) is 0 Å². The third kappa shape index (κ3) is 1.85. The SMILES string of the molecule is CC1CNC(c2cccs2)CS1(=O)=O. The molecule has 2 unspecified atom stereocenters. The summed E-state index contributed by atoms with van der Waals surface area (Å²) >= 11 is 1.60. The molecule has 1 aromatic heterocycles. The van der Waals surface area contributed by atoms with Crippen molar-refractivity contribution >= 4 is 21.2 Å². The Labute approximate surface area is 88.1 Å². The molecule has 0 amide bonds. The van der Waals surface area contributed by atoms with Crippen LogP contribution in [-0.2, 0) is 9.84 Å². The van der Waals surface area contributed by atoms with Crippen molar-refractivity contribution in [2.75, 3.05) is 12.3 Å². The molecule has 3 nitrogen and oxygen atoms in total. The van der Waals surface area contributed by atoms with E-state index in [1.165, 1.54) is 0 Å². The molecule has 0 radical (unpaired) electrons. The van der Waals surface area contributed by atoms with Crippen LogP contribution in [-0.4, -0.2) is 26.0 Å². The molecule has 14 heavy (non-hydrogen) atoms. The Kier molecular flexibility index (Phi) is 2.64. The number of sulfone groups is 1. The minimum Gasteiger partial charge on any atom is -0.307 e. The van der Waals surface area contributed by atoms with Gasteiger partial charge in [-0.05, 0) is 18.4 Å². The molecule has 0 aromatic carbocycles. The highest BCUT2D eigenvalue weighted by molar-refractivity contribution is 7.92. The Hall–Kier alpha value is -0.390. The van der Waals surface area contributed by atoms with Crippen LogP contribution < -0.4 is 5.32 Å². The summed E-state index contributed by atoms with van der Waals surface area (Å²) in [5, 5.41) is 4.98. The second kappa shape index (κ2) is 3.64. The zero-order chi connectivity index (χ0) is 10.2. The quantitative estimate of drug-likeness (QED) is 0.790. The van der Waals surface area contributed by atoms with Gasteiger partial charge in [0.15, 0.2) is 9.84 Å². The number of thiophene rings is 1. The van der Waals surface area contributed by atoms with Crippen molar-refractivity contribution in [2.24, 2.45) is 0 Å². The van der Waals surface area contributed by atoms with E-state index in [0.717, 1.165) is 4.88 Å². The third-order valence-electron chi connectivity index (χ3n) is 2.55. The molecule has 1 aliphatic rings. The van der Waals surface area contributed by atoms with Gasteiger partial charge < -0.3 is 5.32 Å². The van der Waals surface area contributed by atoms with Gasteiger partial charge in [0.2, 0.25) is 0 Å². The van der Waals surface area contributed by atoms with Gasteiger partial charge in [-0.25, -0.2) is 8.42 Å². The van der Waals surface area contributed by atoms with E-state index in [0.29, 0.717) is 6.54 Å². The van der Waals surface area contributed by atoms with Crippen LogP contribution in [0, 0.1) is 0 Å². The first kappa shape index (κ1) is 10.1. The largest absolute Gasteiger partial charge is 0.307 e. The van der Waals surface area contributed by atoms with Crippen LogP contribution in [0.25, 0.3) is 0 Å².